The van der Waals surface area contributed by atoms with E-state index in [1.165, 1.54) is 96.3 Å². The Morgan fingerprint density at radius 3 is 2.44 bits per heavy atom. The molecule has 4 rings (SSSR count). The molecule has 0 heterocycles. The molecule has 7 atom stereocenters. The van der Waals surface area contributed by atoms with Crippen molar-refractivity contribution in [2.75, 3.05) is 0 Å². The van der Waals surface area contributed by atoms with Gasteiger partial charge in [-0.1, -0.05) is 90.5 Å². The molecule has 32 heavy (non-hydrogen) atoms. The first-order valence-electron chi connectivity index (χ1n) is 14.8. The van der Waals surface area contributed by atoms with Gasteiger partial charge in [0.1, 0.15) is 0 Å². The van der Waals surface area contributed by atoms with E-state index in [0.717, 1.165) is 35.5 Å². The maximum Gasteiger partial charge on any atom is -0.00851 e. The van der Waals surface area contributed by atoms with Gasteiger partial charge in [-0.2, -0.15) is 0 Å². The maximum atomic E-state index is 2.77. The van der Waals surface area contributed by atoms with E-state index < -0.39 is 0 Å². The molecule has 0 nitrogen and oxygen atoms in total. The number of hydrogen-bond donors (Lipinski definition) is 0. The summed E-state index contributed by atoms with van der Waals surface area (Å²) in [6.07, 6.45) is 29.3. The van der Waals surface area contributed by atoms with Crippen LogP contribution >= 0.6 is 0 Å². The van der Waals surface area contributed by atoms with Gasteiger partial charge >= 0.3 is 0 Å². The van der Waals surface area contributed by atoms with Crippen LogP contribution in [-0.2, 0) is 0 Å². The van der Waals surface area contributed by atoms with Crippen molar-refractivity contribution in [2.24, 2.45) is 46.3 Å². The van der Waals surface area contributed by atoms with Crippen molar-refractivity contribution in [3.63, 3.8) is 0 Å². The summed E-state index contributed by atoms with van der Waals surface area (Å²) in [5.74, 6) is 5.79. The number of rotatable bonds is 9. The van der Waals surface area contributed by atoms with Gasteiger partial charge in [0, 0.05) is 0 Å². The standard InChI is InChI=1S/C32H54/c1-6-11-25(12-7-2)13-9-10-14-26-16-18-29-28-17-15-27-23-24(8-3)19-21-32(27,5)30(28)20-22-31(26,29)4/h9-10,15,24-26,28-30H,6-8,11-14,16-23H2,1-5H3/b10-9+. The van der Waals surface area contributed by atoms with Crippen LogP contribution in [0.1, 0.15) is 131 Å². The third-order valence-corrected chi connectivity index (χ3v) is 11.4. The molecule has 0 heteroatoms. The van der Waals surface area contributed by atoms with Crippen molar-refractivity contribution >= 4 is 0 Å². The van der Waals surface area contributed by atoms with Crippen LogP contribution in [0, 0.1) is 46.3 Å². The molecule has 0 aromatic heterocycles. The lowest BCUT2D eigenvalue weighted by Gasteiger charge is -2.58. The van der Waals surface area contributed by atoms with Crippen molar-refractivity contribution in [1.82, 2.24) is 0 Å². The van der Waals surface area contributed by atoms with Gasteiger partial charge in [-0.05, 0) is 111 Å². The monoisotopic (exact) mass is 438 g/mol. The highest BCUT2D eigenvalue weighted by atomic mass is 14.6. The highest BCUT2D eigenvalue weighted by Gasteiger charge is 2.58. The average molecular weight is 439 g/mol. The number of fused-ring (bicyclic) bond motifs is 5. The van der Waals surface area contributed by atoms with Crippen LogP contribution in [0.5, 0.6) is 0 Å². The molecule has 182 valence electrons. The van der Waals surface area contributed by atoms with E-state index >= 15 is 0 Å². The van der Waals surface area contributed by atoms with E-state index in [1.807, 2.05) is 5.57 Å². The SMILES string of the molecule is CCCC(C/C=C/CC1CCC2C3CC=C4CC(CC)CCC4(C)C3CCC12C)CCC. The predicted octanol–water partition coefficient (Wildman–Crippen LogP) is 10.1. The second-order valence-electron chi connectivity index (χ2n) is 13.0. The smallest absolute Gasteiger partial charge is 0.00851 e. The summed E-state index contributed by atoms with van der Waals surface area (Å²) in [6.45, 7) is 12.5. The van der Waals surface area contributed by atoms with Crippen LogP contribution in [-0.4, -0.2) is 0 Å². The fourth-order valence-electron chi connectivity index (χ4n) is 9.33. The van der Waals surface area contributed by atoms with Crippen molar-refractivity contribution in [3.05, 3.63) is 23.8 Å². The molecule has 4 aliphatic carbocycles. The average Bonchev–Trinajstić information content (AvgIpc) is 3.12. The number of allylic oxidation sites excluding steroid dienone is 4. The van der Waals surface area contributed by atoms with E-state index in [2.05, 4.69) is 52.8 Å². The summed E-state index contributed by atoms with van der Waals surface area (Å²) in [6, 6.07) is 0. The van der Waals surface area contributed by atoms with Gasteiger partial charge in [0.05, 0.1) is 0 Å². The van der Waals surface area contributed by atoms with E-state index in [4.69, 9.17) is 0 Å². The Hall–Kier alpha value is -0.520. The topological polar surface area (TPSA) is 0 Å². The summed E-state index contributed by atoms with van der Waals surface area (Å²) < 4.78 is 0. The van der Waals surface area contributed by atoms with Gasteiger partial charge in [0.15, 0.2) is 0 Å². The molecule has 3 saturated carbocycles. The molecule has 0 saturated heterocycles. The molecule has 0 aliphatic heterocycles. The van der Waals surface area contributed by atoms with Gasteiger partial charge in [-0.25, -0.2) is 0 Å². The predicted molar refractivity (Wildman–Crippen MR) is 141 cm³/mol. The van der Waals surface area contributed by atoms with E-state index in [9.17, 15) is 0 Å². The minimum absolute atomic E-state index is 0.543. The largest absolute Gasteiger partial charge is 0.0883 e. The minimum Gasteiger partial charge on any atom is -0.0883 e. The van der Waals surface area contributed by atoms with Gasteiger partial charge in [0.25, 0.3) is 0 Å². The third kappa shape index (κ3) is 4.55. The molecule has 4 aliphatic rings. The minimum atomic E-state index is 0.543. The van der Waals surface area contributed by atoms with E-state index in [-0.39, 0.29) is 0 Å². The Kier molecular flexibility index (Phi) is 7.99. The second-order valence-corrected chi connectivity index (χ2v) is 13.0. The van der Waals surface area contributed by atoms with Crippen LogP contribution in [0.3, 0.4) is 0 Å². The third-order valence-electron chi connectivity index (χ3n) is 11.4. The first kappa shape index (κ1) is 24.6. The second kappa shape index (κ2) is 10.4. The Labute approximate surface area is 201 Å². The van der Waals surface area contributed by atoms with Gasteiger partial charge in [-0.15, -0.1) is 0 Å². The van der Waals surface area contributed by atoms with E-state index in [1.54, 1.807) is 0 Å². The van der Waals surface area contributed by atoms with Crippen LogP contribution in [0.4, 0.5) is 0 Å². The molecular formula is C32H54. The Morgan fingerprint density at radius 1 is 0.938 bits per heavy atom. The number of hydrogen-bond acceptors (Lipinski definition) is 0. The highest BCUT2D eigenvalue weighted by Crippen LogP contribution is 2.67. The van der Waals surface area contributed by atoms with Gasteiger partial charge in [-0.3, -0.25) is 0 Å². The Balaban J connectivity index is 1.40. The summed E-state index contributed by atoms with van der Waals surface area (Å²) in [4.78, 5) is 0. The summed E-state index contributed by atoms with van der Waals surface area (Å²) in [5, 5.41) is 0. The lowest BCUT2D eigenvalue weighted by Crippen LogP contribution is -2.50. The fourth-order valence-corrected chi connectivity index (χ4v) is 9.33. The van der Waals surface area contributed by atoms with Gasteiger partial charge < -0.3 is 0 Å². The Morgan fingerprint density at radius 2 is 1.72 bits per heavy atom. The molecule has 0 radical (unpaired) electrons. The summed E-state index contributed by atoms with van der Waals surface area (Å²) in [5.41, 5.74) is 3.04. The lowest BCUT2D eigenvalue weighted by atomic mass is 9.47. The highest BCUT2D eigenvalue weighted by molar-refractivity contribution is 5.25. The zero-order chi connectivity index (χ0) is 22.8. The molecule has 0 amide bonds. The molecule has 7 unspecified atom stereocenters. The van der Waals surface area contributed by atoms with Crippen LogP contribution in [0.2, 0.25) is 0 Å². The van der Waals surface area contributed by atoms with Crippen molar-refractivity contribution < 1.29 is 0 Å². The van der Waals surface area contributed by atoms with Crippen LogP contribution < -0.4 is 0 Å². The van der Waals surface area contributed by atoms with Crippen molar-refractivity contribution in [2.45, 2.75) is 131 Å². The molecule has 0 aromatic carbocycles. The normalized spacial score (nSPS) is 41.4. The van der Waals surface area contributed by atoms with Crippen molar-refractivity contribution in [1.29, 1.82) is 0 Å². The summed E-state index contributed by atoms with van der Waals surface area (Å²) >= 11 is 0. The van der Waals surface area contributed by atoms with Crippen molar-refractivity contribution in [3.8, 4) is 0 Å². The maximum absolute atomic E-state index is 2.77. The molecular weight excluding hydrogens is 384 g/mol. The first-order valence-corrected chi connectivity index (χ1v) is 14.8. The van der Waals surface area contributed by atoms with Crippen LogP contribution in [0.15, 0.2) is 23.8 Å². The molecule has 0 N–H and O–H groups in total. The zero-order valence-electron chi connectivity index (χ0n) is 22.3. The Bertz CT molecular complexity index is 664. The molecule has 0 aromatic rings. The zero-order valence-corrected chi connectivity index (χ0v) is 22.3. The fraction of sp³-hybridized carbons (Fsp3) is 0.875. The van der Waals surface area contributed by atoms with E-state index in [0.29, 0.717) is 10.8 Å². The van der Waals surface area contributed by atoms with Gasteiger partial charge in [0.2, 0.25) is 0 Å². The molecule has 0 spiro atoms. The lowest BCUT2D eigenvalue weighted by molar-refractivity contribution is -0.0438. The molecule has 3 fully saturated rings. The quantitative estimate of drug-likeness (QED) is 0.314. The van der Waals surface area contributed by atoms with Crippen LogP contribution in [0.25, 0.3) is 0 Å². The first-order chi connectivity index (χ1) is 15.5. The molecule has 0 bridgehead atoms. The summed E-state index contributed by atoms with van der Waals surface area (Å²) in [7, 11) is 0.